The molecule has 9 heteroatoms. The number of hydrogen-bond donors (Lipinski definition) is 4. The first-order valence-corrected chi connectivity index (χ1v) is 6.88. The maximum absolute atomic E-state index is 12.4. The quantitative estimate of drug-likeness (QED) is 0.485. The lowest BCUT2D eigenvalue weighted by molar-refractivity contribution is -0.0891. The number of aryl methyl sites for hydroxylation is 1. The molecule has 23 heavy (non-hydrogen) atoms. The molecule has 0 aromatic carbocycles. The molecule has 1 saturated heterocycles. The summed E-state index contributed by atoms with van der Waals surface area (Å²) < 4.78 is 18.8. The second-order valence-corrected chi connectivity index (χ2v) is 5.37. The van der Waals surface area contributed by atoms with Crippen LogP contribution in [0.25, 0.3) is 0 Å². The first kappa shape index (κ1) is 17.4. The Hall–Kier alpha value is -1.99. The summed E-state index contributed by atoms with van der Waals surface area (Å²) >= 11 is 0. The van der Waals surface area contributed by atoms with Crippen LogP contribution in [-0.4, -0.2) is 55.5 Å². The molecule has 126 valence electrons. The Balaban J connectivity index is 2.61. The number of anilines is 1. The van der Waals surface area contributed by atoms with E-state index in [1.807, 2.05) is 5.92 Å². The van der Waals surface area contributed by atoms with Gasteiger partial charge in [-0.25, -0.2) is 9.18 Å². The summed E-state index contributed by atoms with van der Waals surface area (Å²) in [4.78, 5) is 15.7. The topological polar surface area (TPSA) is 131 Å². The molecule has 1 unspecified atom stereocenters. The van der Waals surface area contributed by atoms with Gasteiger partial charge in [-0.2, -0.15) is 4.98 Å². The normalized spacial score (nSPS) is 31.5. The predicted molar refractivity (Wildman–Crippen MR) is 77.9 cm³/mol. The maximum atomic E-state index is 12.4. The van der Waals surface area contributed by atoms with E-state index >= 15 is 0 Å². The number of rotatable bonds is 2. The summed E-state index contributed by atoms with van der Waals surface area (Å²) in [5, 5.41) is 30.6. The molecule has 2 rings (SSSR count). The lowest BCUT2D eigenvalue weighted by Crippen LogP contribution is -2.49. The van der Waals surface area contributed by atoms with Gasteiger partial charge < -0.3 is 25.8 Å². The third-order valence-electron chi connectivity index (χ3n) is 3.66. The van der Waals surface area contributed by atoms with E-state index < -0.39 is 42.5 Å². The number of nitrogens with zero attached hydrogens (tertiary/aromatic N) is 2. The van der Waals surface area contributed by atoms with E-state index in [0.29, 0.717) is 5.69 Å². The molecule has 8 nitrogen and oxygen atoms in total. The lowest BCUT2D eigenvalue weighted by Gasteiger charge is -2.27. The zero-order valence-corrected chi connectivity index (χ0v) is 12.6. The van der Waals surface area contributed by atoms with Crippen molar-refractivity contribution < 1.29 is 24.4 Å². The third-order valence-corrected chi connectivity index (χ3v) is 3.66. The molecule has 2 heterocycles. The predicted octanol–water partition coefficient (Wildman–Crippen LogP) is -1.52. The van der Waals surface area contributed by atoms with Crippen LogP contribution in [0.4, 0.5) is 10.2 Å². The van der Waals surface area contributed by atoms with Crippen LogP contribution < -0.4 is 11.4 Å². The number of alkyl halides is 1. The maximum Gasteiger partial charge on any atom is 0.351 e. The minimum absolute atomic E-state index is 0.0206. The third kappa shape index (κ3) is 2.94. The molecule has 0 spiro atoms. The number of aliphatic hydroxyl groups excluding tert-OH is 2. The van der Waals surface area contributed by atoms with Crippen molar-refractivity contribution in [2.24, 2.45) is 0 Å². The molecule has 1 aliphatic rings. The highest BCUT2D eigenvalue weighted by Gasteiger charge is 2.57. The van der Waals surface area contributed by atoms with E-state index in [1.54, 1.807) is 0 Å². The largest absolute Gasteiger partial charge is 0.391 e. The van der Waals surface area contributed by atoms with Gasteiger partial charge in [-0.1, -0.05) is 11.8 Å². The van der Waals surface area contributed by atoms with E-state index in [-0.39, 0.29) is 5.82 Å². The Morgan fingerprint density at radius 3 is 2.83 bits per heavy atom. The van der Waals surface area contributed by atoms with Gasteiger partial charge in [-0.3, -0.25) is 4.57 Å². The number of aliphatic hydroxyl groups is 3. The van der Waals surface area contributed by atoms with Gasteiger partial charge in [0, 0.05) is 5.69 Å². The first-order valence-electron chi connectivity index (χ1n) is 6.88. The molecule has 1 fully saturated rings. The van der Waals surface area contributed by atoms with Gasteiger partial charge in [-0.15, -0.1) is 0 Å². The Labute approximate surface area is 131 Å². The zero-order valence-electron chi connectivity index (χ0n) is 12.6. The van der Waals surface area contributed by atoms with Crippen molar-refractivity contribution in [2.45, 2.75) is 44.0 Å². The van der Waals surface area contributed by atoms with Crippen LogP contribution in [0.1, 0.15) is 18.8 Å². The Morgan fingerprint density at radius 1 is 1.65 bits per heavy atom. The van der Waals surface area contributed by atoms with Crippen LogP contribution in [0.2, 0.25) is 0 Å². The summed E-state index contributed by atoms with van der Waals surface area (Å²) in [6.45, 7) is 1.80. The average Bonchev–Trinajstić information content (AvgIpc) is 2.70. The first-order chi connectivity index (χ1) is 10.7. The molecular formula is C14H18FN3O5. The van der Waals surface area contributed by atoms with Crippen molar-refractivity contribution in [3.8, 4) is 11.8 Å². The van der Waals surface area contributed by atoms with E-state index in [4.69, 9.17) is 10.5 Å². The molecule has 0 aliphatic carbocycles. The van der Waals surface area contributed by atoms with Crippen molar-refractivity contribution in [3.63, 3.8) is 0 Å². The summed E-state index contributed by atoms with van der Waals surface area (Å²) in [5.74, 6) is 4.19. The van der Waals surface area contributed by atoms with Gasteiger partial charge in [0.25, 0.3) is 0 Å². The van der Waals surface area contributed by atoms with E-state index in [9.17, 15) is 24.5 Å². The second-order valence-electron chi connectivity index (χ2n) is 5.37. The number of halogens is 1. The fourth-order valence-corrected chi connectivity index (χ4v) is 2.59. The van der Waals surface area contributed by atoms with Crippen molar-refractivity contribution in [1.82, 2.24) is 9.55 Å². The monoisotopic (exact) mass is 327 g/mol. The molecule has 5 atom stereocenters. The van der Waals surface area contributed by atoms with Gasteiger partial charge in [-0.05, 0) is 19.9 Å². The van der Waals surface area contributed by atoms with Gasteiger partial charge in [0.2, 0.25) is 0 Å². The lowest BCUT2D eigenvalue weighted by atomic mass is 9.92. The number of aromatic nitrogens is 2. The highest BCUT2D eigenvalue weighted by Crippen LogP contribution is 2.39. The van der Waals surface area contributed by atoms with E-state index in [1.165, 1.54) is 19.9 Å². The van der Waals surface area contributed by atoms with Crippen molar-refractivity contribution >= 4 is 5.82 Å². The molecule has 1 aliphatic heterocycles. The number of nitrogen functional groups attached to an aromatic ring is 1. The average molecular weight is 327 g/mol. The van der Waals surface area contributed by atoms with Gasteiger partial charge in [0.1, 0.15) is 24.7 Å². The molecule has 0 saturated carbocycles. The minimum atomic E-state index is -2.29. The van der Waals surface area contributed by atoms with Gasteiger partial charge >= 0.3 is 5.69 Å². The molecule has 0 amide bonds. The Kier molecular flexibility index (Phi) is 4.72. The molecule has 0 radical (unpaired) electrons. The minimum Gasteiger partial charge on any atom is -0.391 e. The number of ether oxygens (including phenoxy) is 1. The van der Waals surface area contributed by atoms with Crippen LogP contribution >= 0.6 is 0 Å². The van der Waals surface area contributed by atoms with E-state index in [2.05, 4.69) is 10.9 Å². The fourth-order valence-electron chi connectivity index (χ4n) is 2.59. The summed E-state index contributed by atoms with van der Waals surface area (Å²) in [6, 6.07) is 1.37. The smallest absolute Gasteiger partial charge is 0.351 e. The van der Waals surface area contributed by atoms with Crippen LogP contribution in [0.15, 0.2) is 10.9 Å². The van der Waals surface area contributed by atoms with Crippen LogP contribution in [0.3, 0.4) is 0 Å². The molecule has 5 N–H and O–H groups in total. The summed E-state index contributed by atoms with van der Waals surface area (Å²) in [7, 11) is 0. The van der Waals surface area contributed by atoms with Crippen molar-refractivity contribution in [2.75, 3.05) is 12.4 Å². The highest BCUT2D eigenvalue weighted by molar-refractivity contribution is 5.30. The molecule has 0 bridgehead atoms. The van der Waals surface area contributed by atoms with Gasteiger partial charge in [0.15, 0.2) is 11.8 Å². The molecular weight excluding hydrogens is 309 g/mol. The SMILES string of the molecule is Cc1cc(N)nc(=O)n1[C@@H]1O[C@H]([C@@H](C)O)C(O)[C@]1(O)C#CCF. The highest BCUT2D eigenvalue weighted by atomic mass is 19.1. The van der Waals surface area contributed by atoms with Gasteiger partial charge in [0.05, 0.1) is 6.10 Å². The van der Waals surface area contributed by atoms with Crippen molar-refractivity contribution in [1.29, 1.82) is 0 Å². The number of hydrogen-bond acceptors (Lipinski definition) is 7. The Bertz CT molecular complexity index is 711. The number of nitrogens with two attached hydrogens (primary N) is 1. The summed E-state index contributed by atoms with van der Waals surface area (Å²) in [6.07, 6.45) is -5.51. The van der Waals surface area contributed by atoms with Crippen LogP contribution in [0, 0.1) is 18.8 Å². The molecule has 1 aromatic rings. The van der Waals surface area contributed by atoms with Crippen LogP contribution in [0.5, 0.6) is 0 Å². The standard InChI is InChI=1S/C14H18FN3O5/c1-7-6-9(16)17-13(21)18(7)12-14(22,4-3-5-15)11(20)10(23-12)8(2)19/h6,8,10-12,19-20,22H,5H2,1-2H3,(H2,16,17,21)/t8-,10-,11?,12-,14-/m1/s1. The molecule has 1 aromatic heterocycles. The second kappa shape index (κ2) is 6.25. The summed E-state index contributed by atoms with van der Waals surface area (Å²) in [5.41, 5.74) is 2.66. The van der Waals surface area contributed by atoms with Crippen LogP contribution in [-0.2, 0) is 4.74 Å². The van der Waals surface area contributed by atoms with Crippen molar-refractivity contribution in [3.05, 3.63) is 22.2 Å². The van der Waals surface area contributed by atoms with E-state index in [0.717, 1.165) is 4.57 Å². The zero-order chi connectivity index (χ0) is 17.4. The Morgan fingerprint density at radius 2 is 2.30 bits per heavy atom. The fraction of sp³-hybridized carbons (Fsp3) is 0.571.